The van der Waals surface area contributed by atoms with Crippen LogP contribution in [0.5, 0.6) is 5.75 Å². The Bertz CT molecular complexity index is 395. The summed E-state index contributed by atoms with van der Waals surface area (Å²) in [6.07, 6.45) is 3.72. The van der Waals surface area contributed by atoms with E-state index in [4.69, 9.17) is 9.47 Å². The molecule has 1 saturated carbocycles. The minimum atomic E-state index is -0.0558. The molecular formula is C13H16O2. The van der Waals surface area contributed by atoms with Gasteiger partial charge in [-0.05, 0) is 43.9 Å². The molecule has 0 amide bonds. The van der Waals surface area contributed by atoms with Crippen LogP contribution in [0.15, 0.2) is 24.3 Å². The normalized spacial score (nSPS) is 31.1. The van der Waals surface area contributed by atoms with E-state index in [1.807, 2.05) is 12.1 Å². The van der Waals surface area contributed by atoms with E-state index < -0.39 is 0 Å². The third-order valence-corrected chi connectivity index (χ3v) is 4.01. The maximum Gasteiger partial charge on any atom is 0.120 e. The van der Waals surface area contributed by atoms with E-state index in [1.165, 1.54) is 24.8 Å². The van der Waals surface area contributed by atoms with Crippen molar-refractivity contribution in [3.05, 3.63) is 29.8 Å². The molecule has 1 saturated heterocycles. The van der Waals surface area contributed by atoms with Gasteiger partial charge in [0.25, 0.3) is 0 Å². The average Bonchev–Trinajstić information content (AvgIpc) is 2.87. The monoisotopic (exact) mass is 204 g/mol. The van der Waals surface area contributed by atoms with Gasteiger partial charge in [-0.3, -0.25) is 0 Å². The van der Waals surface area contributed by atoms with Gasteiger partial charge in [0.05, 0.1) is 7.11 Å². The van der Waals surface area contributed by atoms with Crippen LogP contribution in [0, 0.1) is 0 Å². The van der Waals surface area contributed by atoms with Crippen molar-refractivity contribution in [3.63, 3.8) is 0 Å². The Morgan fingerprint density at radius 3 is 2.67 bits per heavy atom. The smallest absolute Gasteiger partial charge is 0.120 e. The van der Waals surface area contributed by atoms with Crippen LogP contribution in [0.25, 0.3) is 0 Å². The van der Waals surface area contributed by atoms with E-state index >= 15 is 0 Å². The third kappa shape index (κ3) is 1.08. The van der Waals surface area contributed by atoms with E-state index in [9.17, 15) is 0 Å². The molecule has 2 heteroatoms. The molecule has 1 heterocycles. The van der Waals surface area contributed by atoms with Crippen LogP contribution in [0.3, 0.4) is 0 Å². The molecule has 0 aromatic heterocycles. The molecule has 2 fully saturated rings. The number of epoxide rings is 1. The first kappa shape index (κ1) is 9.22. The lowest BCUT2D eigenvalue weighted by molar-refractivity contribution is 0.194. The second-order valence-corrected chi connectivity index (χ2v) is 4.72. The maximum absolute atomic E-state index is 5.96. The van der Waals surface area contributed by atoms with E-state index in [-0.39, 0.29) is 11.2 Å². The Labute approximate surface area is 90.2 Å². The number of hydrogen-bond donors (Lipinski definition) is 0. The van der Waals surface area contributed by atoms with Crippen molar-refractivity contribution in [2.75, 3.05) is 7.11 Å². The highest BCUT2D eigenvalue weighted by atomic mass is 16.6. The topological polar surface area (TPSA) is 21.8 Å². The maximum atomic E-state index is 5.96. The van der Waals surface area contributed by atoms with Gasteiger partial charge in [0.15, 0.2) is 0 Å². The van der Waals surface area contributed by atoms with Gasteiger partial charge in [0.2, 0.25) is 0 Å². The molecule has 0 unspecified atom stereocenters. The molecule has 1 aliphatic heterocycles. The largest absolute Gasteiger partial charge is 0.497 e. The fourth-order valence-electron chi connectivity index (χ4n) is 2.68. The Balaban J connectivity index is 1.93. The molecule has 3 rings (SSSR count). The summed E-state index contributed by atoms with van der Waals surface area (Å²) in [5.74, 6) is 0.915. The second kappa shape index (κ2) is 2.76. The van der Waals surface area contributed by atoms with Crippen LogP contribution in [-0.4, -0.2) is 12.7 Å². The fraction of sp³-hybridized carbons (Fsp3) is 0.538. The summed E-state index contributed by atoms with van der Waals surface area (Å²) in [6.45, 7) is 2.20. The molecule has 2 aliphatic rings. The summed E-state index contributed by atoms with van der Waals surface area (Å²) in [7, 11) is 1.70. The van der Waals surface area contributed by atoms with Crippen molar-refractivity contribution in [1.82, 2.24) is 0 Å². The van der Waals surface area contributed by atoms with Gasteiger partial charge in [-0.25, -0.2) is 0 Å². The highest BCUT2D eigenvalue weighted by molar-refractivity contribution is 5.39. The van der Waals surface area contributed by atoms with E-state index in [0.29, 0.717) is 0 Å². The van der Waals surface area contributed by atoms with E-state index in [2.05, 4.69) is 19.1 Å². The third-order valence-electron chi connectivity index (χ3n) is 4.01. The van der Waals surface area contributed by atoms with Crippen LogP contribution >= 0.6 is 0 Å². The Morgan fingerprint density at radius 2 is 2.13 bits per heavy atom. The van der Waals surface area contributed by atoms with Gasteiger partial charge >= 0.3 is 0 Å². The van der Waals surface area contributed by atoms with E-state index in [0.717, 1.165) is 5.75 Å². The molecule has 80 valence electrons. The number of ether oxygens (including phenoxy) is 2. The summed E-state index contributed by atoms with van der Waals surface area (Å²) in [5, 5.41) is 0. The minimum Gasteiger partial charge on any atom is -0.497 e. The molecule has 1 aromatic carbocycles. The highest BCUT2D eigenvalue weighted by Crippen LogP contribution is 2.65. The lowest BCUT2D eigenvalue weighted by atomic mass is 9.74. The molecule has 1 aromatic rings. The van der Waals surface area contributed by atoms with E-state index in [1.54, 1.807) is 7.11 Å². The molecule has 0 radical (unpaired) electrons. The molecule has 2 nitrogen and oxygen atoms in total. The van der Waals surface area contributed by atoms with Crippen molar-refractivity contribution in [1.29, 1.82) is 0 Å². The zero-order valence-electron chi connectivity index (χ0n) is 9.25. The first-order chi connectivity index (χ1) is 7.20. The van der Waals surface area contributed by atoms with Crippen molar-refractivity contribution in [2.45, 2.75) is 37.4 Å². The van der Waals surface area contributed by atoms with Crippen LogP contribution in [-0.2, 0) is 10.3 Å². The summed E-state index contributed by atoms with van der Waals surface area (Å²) in [4.78, 5) is 0. The van der Waals surface area contributed by atoms with Gasteiger partial charge < -0.3 is 9.47 Å². The number of benzene rings is 1. The zero-order valence-corrected chi connectivity index (χ0v) is 9.25. The predicted octanol–water partition coefficient (Wildman–Crippen LogP) is 2.86. The second-order valence-electron chi connectivity index (χ2n) is 4.72. The Kier molecular flexibility index (Phi) is 1.70. The average molecular weight is 204 g/mol. The molecule has 1 spiro atoms. The predicted molar refractivity (Wildman–Crippen MR) is 58.0 cm³/mol. The number of methoxy groups -OCH3 is 1. The number of rotatable bonds is 2. The lowest BCUT2D eigenvalue weighted by Crippen LogP contribution is -2.29. The van der Waals surface area contributed by atoms with Gasteiger partial charge in [0.1, 0.15) is 17.0 Å². The van der Waals surface area contributed by atoms with Crippen LogP contribution < -0.4 is 4.74 Å². The summed E-state index contributed by atoms with van der Waals surface area (Å²) in [5.41, 5.74) is 1.36. The first-order valence-electron chi connectivity index (χ1n) is 5.55. The molecular weight excluding hydrogens is 188 g/mol. The van der Waals surface area contributed by atoms with Gasteiger partial charge in [0, 0.05) is 0 Å². The van der Waals surface area contributed by atoms with Gasteiger partial charge in [-0.1, -0.05) is 12.1 Å². The van der Waals surface area contributed by atoms with Gasteiger partial charge in [-0.15, -0.1) is 0 Å². The Morgan fingerprint density at radius 1 is 1.33 bits per heavy atom. The molecule has 1 atom stereocenters. The number of hydrogen-bond acceptors (Lipinski definition) is 2. The van der Waals surface area contributed by atoms with Crippen LogP contribution in [0.4, 0.5) is 0 Å². The lowest BCUT2D eigenvalue weighted by Gasteiger charge is -2.25. The van der Waals surface area contributed by atoms with Crippen molar-refractivity contribution >= 4 is 0 Å². The van der Waals surface area contributed by atoms with Gasteiger partial charge in [-0.2, -0.15) is 0 Å². The molecule has 15 heavy (non-hydrogen) atoms. The van der Waals surface area contributed by atoms with Crippen molar-refractivity contribution < 1.29 is 9.47 Å². The fourth-order valence-corrected chi connectivity index (χ4v) is 2.68. The summed E-state index contributed by atoms with van der Waals surface area (Å²) < 4.78 is 11.2. The summed E-state index contributed by atoms with van der Waals surface area (Å²) in [6, 6.07) is 8.23. The van der Waals surface area contributed by atoms with Crippen molar-refractivity contribution in [3.8, 4) is 5.75 Å². The minimum absolute atomic E-state index is 0.0558. The first-order valence-corrected chi connectivity index (χ1v) is 5.55. The van der Waals surface area contributed by atoms with Crippen molar-refractivity contribution in [2.24, 2.45) is 0 Å². The molecule has 0 N–H and O–H groups in total. The molecule has 1 aliphatic carbocycles. The summed E-state index contributed by atoms with van der Waals surface area (Å²) >= 11 is 0. The van der Waals surface area contributed by atoms with Crippen LogP contribution in [0.1, 0.15) is 31.7 Å². The highest BCUT2D eigenvalue weighted by Gasteiger charge is 2.70. The standard InChI is InChI=1S/C13H16O2/c1-12(13(15-12)7-4-8-13)10-5-3-6-11(9-10)14-2/h3,5-6,9H,4,7-8H2,1-2H3/t12-/m1/s1. The van der Waals surface area contributed by atoms with Crippen LogP contribution in [0.2, 0.25) is 0 Å². The Hall–Kier alpha value is -1.02. The quantitative estimate of drug-likeness (QED) is 0.691. The zero-order chi connectivity index (χ0) is 10.5. The molecule has 0 bridgehead atoms. The SMILES string of the molecule is COc1cccc([C@@]2(C)OC23CCC3)c1.